The fourth-order valence-corrected chi connectivity index (χ4v) is 6.38. The van der Waals surface area contributed by atoms with Crippen LogP contribution in [0.4, 0.5) is 0 Å². The number of aromatic nitrogens is 4. The Balaban J connectivity index is 1.47. The maximum absolute atomic E-state index is 5.01. The average molecular weight is 511 g/mol. The van der Waals surface area contributed by atoms with E-state index in [1.807, 2.05) is 24.4 Å². The van der Waals surface area contributed by atoms with Crippen LogP contribution in [-0.2, 0) is 0 Å². The van der Waals surface area contributed by atoms with Crippen molar-refractivity contribution in [1.29, 1.82) is 0 Å². The molecule has 9 rings (SSSR count). The Hall–Kier alpha value is -5.48. The lowest BCUT2D eigenvalue weighted by Gasteiger charge is -2.11. The molecule has 0 radical (unpaired) electrons. The molecule has 0 saturated heterocycles. The molecule has 0 amide bonds. The van der Waals surface area contributed by atoms with Crippen LogP contribution in [0.15, 0.2) is 134 Å². The summed E-state index contributed by atoms with van der Waals surface area (Å²) in [7, 11) is 0. The van der Waals surface area contributed by atoms with Crippen LogP contribution in [0.2, 0.25) is 0 Å². The molecule has 0 unspecified atom stereocenters. The first-order valence-electron chi connectivity index (χ1n) is 13.5. The monoisotopic (exact) mass is 510 g/mol. The lowest BCUT2D eigenvalue weighted by Crippen LogP contribution is -2.01. The highest BCUT2D eigenvalue weighted by Gasteiger charge is 2.19. The van der Waals surface area contributed by atoms with E-state index in [0.29, 0.717) is 5.95 Å². The van der Waals surface area contributed by atoms with Gasteiger partial charge in [0, 0.05) is 44.2 Å². The summed E-state index contributed by atoms with van der Waals surface area (Å²) in [5, 5.41) is 8.34. The molecular weight excluding hydrogens is 488 g/mol. The fourth-order valence-electron chi connectivity index (χ4n) is 6.38. The zero-order valence-electron chi connectivity index (χ0n) is 21.5. The predicted octanol–water partition coefficient (Wildman–Crippen LogP) is 8.98. The predicted molar refractivity (Wildman–Crippen MR) is 166 cm³/mol. The van der Waals surface area contributed by atoms with E-state index in [1.54, 1.807) is 0 Å². The summed E-state index contributed by atoms with van der Waals surface area (Å²) < 4.78 is 4.61. The third kappa shape index (κ3) is 2.90. The molecule has 3 aromatic heterocycles. The van der Waals surface area contributed by atoms with Gasteiger partial charge in [-0.1, -0.05) is 84.9 Å². The van der Waals surface area contributed by atoms with Gasteiger partial charge in [0.05, 0.1) is 27.6 Å². The van der Waals surface area contributed by atoms with Gasteiger partial charge in [0.2, 0.25) is 5.95 Å². The quantitative estimate of drug-likeness (QED) is 0.233. The van der Waals surface area contributed by atoms with E-state index in [1.165, 1.54) is 43.4 Å². The molecule has 0 aliphatic heterocycles. The maximum Gasteiger partial charge on any atom is 0.235 e. The van der Waals surface area contributed by atoms with E-state index in [9.17, 15) is 0 Å². The summed E-state index contributed by atoms with van der Waals surface area (Å²) in [4.78, 5) is 9.85. The Morgan fingerprint density at radius 2 is 1.15 bits per heavy atom. The molecule has 0 spiro atoms. The average Bonchev–Trinajstić information content (AvgIpc) is 3.53. The summed E-state index contributed by atoms with van der Waals surface area (Å²) in [6.45, 7) is 0. The summed E-state index contributed by atoms with van der Waals surface area (Å²) in [5.74, 6) is 0.681. The summed E-state index contributed by atoms with van der Waals surface area (Å²) in [6, 6.07) is 45.2. The van der Waals surface area contributed by atoms with Crippen LogP contribution in [-0.4, -0.2) is 19.1 Å². The largest absolute Gasteiger partial charge is 0.309 e. The van der Waals surface area contributed by atoms with Crippen LogP contribution in [0.1, 0.15) is 0 Å². The smallest absolute Gasteiger partial charge is 0.235 e. The highest BCUT2D eigenvalue weighted by atomic mass is 15.2. The van der Waals surface area contributed by atoms with Gasteiger partial charge in [-0.05, 0) is 47.9 Å². The van der Waals surface area contributed by atoms with Crippen LogP contribution >= 0.6 is 0 Å². The van der Waals surface area contributed by atoms with Gasteiger partial charge in [0.15, 0.2) is 0 Å². The third-order valence-electron chi connectivity index (χ3n) is 8.13. The molecule has 9 aromatic rings. The lowest BCUT2D eigenvalue weighted by molar-refractivity contribution is 1.01. The first-order chi connectivity index (χ1) is 19.8. The molecule has 0 N–H and O–H groups in total. The highest BCUT2D eigenvalue weighted by Crippen LogP contribution is 2.40. The minimum Gasteiger partial charge on any atom is -0.309 e. The molecule has 4 nitrogen and oxygen atoms in total. The molecule has 4 heteroatoms. The van der Waals surface area contributed by atoms with Crippen LogP contribution in [0, 0.1) is 0 Å². The molecule has 6 aromatic carbocycles. The molecule has 40 heavy (non-hydrogen) atoms. The molecular formula is C36H22N4. The SMILES string of the molecule is c1ccc(-n2c3ccccc3c3ccc4cc5c6ccccc6n(-c6ncc7ccccc7n6)c5cc4c32)cc1. The molecule has 0 saturated carbocycles. The molecule has 0 aliphatic rings. The fraction of sp³-hybridized carbons (Fsp3) is 0. The Bertz CT molecular complexity index is 2430. The molecule has 0 fully saturated rings. The molecule has 0 bridgehead atoms. The van der Waals surface area contributed by atoms with E-state index in [4.69, 9.17) is 9.97 Å². The number of fused-ring (bicyclic) bond motifs is 9. The lowest BCUT2D eigenvalue weighted by atomic mass is 10.0. The van der Waals surface area contributed by atoms with Gasteiger partial charge in [0.1, 0.15) is 0 Å². The van der Waals surface area contributed by atoms with Crippen molar-refractivity contribution < 1.29 is 0 Å². The Kier molecular flexibility index (Phi) is 4.30. The van der Waals surface area contributed by atoms with E-state index in [2.05, 4.69) is 118 Å². The minimum absolute atomic E-state index is 0.681. The first-order valence-corrected chi connectivity index (χ1v) is 13.5. The topological polar surface area (TPSA) is 35.6 Å². The van der Waals surface area contributed by atoms with Crippen molar-refractivity contribution in [3.8, 4) is 11.6 Å². The van der Waals surface area contributed by atoms with Gasteiger partial charge in [-0.15, -0.1) is 0 Å². The Labute approximate surface area is 229 Å². The first kappa shape index (κ1) is 21.5. The standard InChI is InChI=1S/C36H22N4/c1-2-11-25(12-3-1)39-32-16-8-5-13-26(32)28-19-18-23-20-30-27-14-6-9-17-33(27)40(34(30)21-29(23)35(28)39)36-37-22-24-10-4-7-15-31(24)38-36/h1-22H. The van der Waals surface area contributed by atoms with Gasteiger partial charge in [0.25, 0.3) is 0 Å². The Morgan fingerprint density at radius 3 is 2.00 bits per heavy atom. The van der Waals surface area contributed by atoms with Gasteiger partial charge >= 0.3 is 0 Å². The third-order valence-corrected chi connectivity index (χ3v) is 8.13. The van der Waals surface area contributed by atoms with Gasteiger partial charge in [-0.3, -0.25) is 4.57 Å². The summed E-state index contributed by atoms with van der Waals surface area (Å²) in [6.07, 6.45) is 1.92. The second-order valence-electron chi connectivity index (χ2n) is 10.3. The van der Waals surface area contributed by atoms with Crippen LogP contribution in [0.5, 0.6) is 0 Å². The number of rotatable bonds is 2. The van der Waals surface area contributed by atoms with Crippen molar-refractivity contribution in [1.82, 2.24) is 19.1 Å². The number of para-hydroxylation sites is 4. The van der Waals surface area contributed by atoms with Crippen molar-refractivity contribution in [2.75, 3.05) is 0 Å². The van der Waals surface area contributed by atoms with Gasteiger partial charge in [-0.2, -0.15) is 0 Å². The number of benzene rings is 6. The maximum atomic E-state index is 5.01. The van der Waals surface area contributed by atoms with E-state index >= 15 is 0 Å². The van der Waals surface area contributed by atoms with Crippen LogP contribution in [0.25, 0.3) is 76.9 Å². The summed E-state index contributed by atoms with van der Waals surface area (Å²) >= 11 is 0. The minimum atomic E-state index is 0.681. The van der Waals surface area contributed by atoms with Gasteiger partial charge in [-0.25, -0.2) is 9.97 Å². The van der Waals surface area contributed by atoms with Crippen molar-refractivity contribution in [2.45, 2.75) is 0 Å². The molecule has 0 atom stereocenters. The van der Waals surface area contributed by atoms with Crippen molar-refractivity contribution >= 4 is 65.3 Å². The highest BCUT2D eigenvalue weighted by molar-refractivity contribution is 6.22. The zero-order chi connectivity index (χ0) is 26.2. The van der Waals surface area contributed by atoms with E-state index in [-0.39, 0.29) is 0 Å². The molecule has 186 valence electrons. The molecule has 0 aliphatic carbocycles. The van der Waals surface area contributed by atoms with E-state index in [0.717, 1.165) is 27.6 Å². The number of nitrogens with zero attached hydrogens (tertiary/aromatic N) is 4. The van der Waals surface area contributed by atoms with Crippen molar-refractivity contribution in [3.63, 3.8) is 0 Å². The van der Waals surface area contributed by atoms with Crippen molar-refractivity contribution in [3.05, 3.63) is 134 Å². The van der Waals surface area contributed by atoms with Crippen LogP contribution in [0.3, 0.4) is 0 Å². The van der Waals surface area contributed by atoms with Crippen LogP contribution < -0.4 is 0 Å². The summed E-state index contributed by atoms with van der Waals surface area (Å²) in [5.41, 5.74) is 6.70. The van der Waals surface area contributed by atoms with Gasteiger partial charge < -0.3 is 4.57 Å². The van der Waals surface area contributed by atoms with Crippen molar-refractivity contribution in [2.24, 2.45) is 0 Å². The number of hydrogen-bond acceptors (Lipinski definition) is 2. The van der Waals surface area contributed by atoms with E-state index < -0.39 is 0 Å². The second-order valence-corrected chi connectivity index (χ2v) is 10.3. The number of hydrogen-bond donors (Lipinski definition) is 0. The normalized spacial score (nSPS) is 12.0. The Morgan fingerprint density at radius 1 is 0.450 bits per heavy atom. The molecule has 3 heterocycles. The zero-order valence-corrected chi connectivity index (χ0v) is 21.5. The second kappa shape index (κ2) is 8.01.